The van der Waals surface area contributed by atoms with Gasteiger partial charge in [-0.2, -0.15) is 0 Å². The zero-order valence-corrected chi connectivity index (χ0v) is 20.6. The summed E-state index contributed by atoms with van der Waals surface area (Å²) in [6.45, 7) is 11.6. The van der Waals surface area contributed by atoms with Gasteiger partial charge in [-0.05, 0) is 35.6 Å². The van der Waals surface area contributed by atoms with Crippen molar-refractivity contribution in [3.05, 3.63) is 101 Å². The van der Waals surface area contributed by atoms with Gasteiger partial charge in [-0.1, -0.05) is 59.0 Å². The average molecular weight is 481 g/mol. The SMILES string of the molecule is C=C(NC(c1ccccc1)c1cc2c(cn1)C(C)PC2F)C1CCCN1C(=C)C/C(=C/N)NN. The van der Waals surface area contributed by atoms with Gasteiger partial charge >= 0.3 is 0 Å². The number of nitrogens with one attached hydrogen (secondary N) is 2. The number of hydrogen-bond donors (Lipinski definition) is 4. The normalized spacial score (nSPS) is 23.6. The Hall–Kier alpha value is -2.89. The Balaban J connectivity index is 1.59. The summed E-state index contributed by atoms with van der Waals surface area (Å²) in [6.07, 6.45) is 5.87. The third-order valence-corrected chi connectivity index (χ3v) is 8.14. The Morgan fingerprint density at radius 1 is 1.32 bits per heavy atom. The van der Waals surface area contributed by atoms with Gasteiger partial charge in [-0.25, -0.2) is 4.39 Å². The molecule has 0 aliphatic carbocycles. The number of hydrogen-bond acceptors (Lipinski definition) is 6. The van der Waals surface area contributed by atoms with Crippen LogP contribution >= 0.6 is 8.58 Å². The van der Waals surface area contributed by atoms with Crippen LogP contribution in [0.25, 0.3) is 0 Å². The third kappa shape index (κ3) is 4.96. The van der Waals surface area contributed by atoms with Crippen LogP contribution in [0.15, 0.2) is 79.0 Å². The highest BCUT2D eigenvalue weighted by Crippen LogP contribution is 2.56. The first-order valence-electron chi connectivity index (χ1n) is 11.6. The molecule has 2 aliphatic heterocycles. The van der Waals surface area contributed by atoms with E-state index >= 15 is 0 Å². The molecule has 0 bridgehead atoms. The molecule has 1 aromatic carbocycles. The van der Waals surface area contributed by atoms with Crippen LogP contribution in [0.5, 0.6) is 0 Å². The molecule has 1 aromatic heterocycles. The Kier molecular flexibility index (Phi) is 7.54. The number of benzene rings is 1. The first-order chi connectivity index (χ1) is 16.4. The molecular weight excluding hydrogens is 446 g/mol. The molecule has 4 rings (SSSR count). The van der Waals surface area contributed by atoms with Crippen LogP contribution in [0.2, 0.25) is 0 Å². The molecule has 0 amide bonds. The standard InChI is InChI=1S/C26H34FN6P/c1-16(12-20(14-28)32-29)33-11-7-10-24(33)17(2)31-25(19-8-5-4-6-9-19)23-13-21-22(15-30-23)18(3)34-26(21)27/h4-6,8-9,13-15,18,24-26,31-32,34H,1-2,7,10-12,28-29H2,3H3/b20-14-. The molecule has 1 fully saturated rings. The summed E-state index contributed by atoms with van der Waals surface area (Å²) in [6, 6.07) is 11.9. The molecule has 2 aromatic rings. The molecule has 5 unspecified atom stereocenters. The van der Waals surface area contributed by atoms with Crippen molar-refractivity contribution in [3.63, 3.8) is 0 Å². The van der Waals surface area contributed by atoms with E-state index in [1.54, 1.807) is 0 Å². The number of alkyl halides is 1. The smallest absolute Gasteiger partial charge is 0.142 e. The van der Waals surface area contributed by atoms with Gasteiger partial charge < -0.3 is 21.4 Å². The minimum absolute atomic E-state index is 0.0837. The molecule has 180 valence electrons. The zero-order valence-electron chi connectivity index (χ0n) is 19.6. The minimum atomic E-state index is -0.916. The molecule has 5 atom stereocenters. The molecule has 34 heavy (non-hydrogen) atoms. The van der Waals surface area contributed by atoms with Gasteiger partial charge in [0.2, 0.25) is 0 Å². The van der Waals surface area contributed by atoms with Gasteiger partial charge in [0.1, 0.15) is 5.91 Å². The maximum absolute atomic E-state index is 14.7. The molecule has 3 heterocycles. The summed E-state index contributed by atoms with van der Waals surface area (Å²) in [5, 5.41) is 3.64. The molecular formula is C26H34FN6P. The highest BCUT2D eigenvalue weighted by molar-refractivity contribution is 7.39. The number of hydrazine groups is 1. The summed E-state index contributed by atoms with van der Waals surface area (Å²) < 4.78 is 14.7. The van der Waals surface area contributed by atoms with E-state index in [0.29, 0.717) is 6.42 Å². The Morgan fingerprint density at radius 2 is 2.09 bits per heavy atom. The van der Waals surface area contributed by atoms with Gasteiger partial charge in [0, 0.05) is 48.1 Å². The molecule has 6 nitrogen and oxygen atoms in total. The highest BCUT2D eigenvalue weighted by atomic mass is 31.1. The summed E-state index contributed by atoms with van der Waals surface area (Å²) in [4.78, 5) is 7.03. The molecule has 0 saturated carbocycles. The predicted molar refractivity (Wildman–Crippen MR) is 138 cm³/mol. The second kappa shape index (κ2) is 10.6. The van der Waals surface area contributed by atoms with Gasteiger partial charge in [0.05, 0.1) is 17.8 Å². The summed E-state index contributed by atoms with van der Waals surface area (Å²) in [7, 11) is 0.253. The van der Waals surface area contributed by atoms with Gasteiger partial charge in [0.15, 0.2) is 0 Å². The van der Waals surface area contributed by atoms with Gasteiger partial charge in [-0.3, -0.25) is 10.8 Å². The van der Waals surface area contributed by atoms with E-state index < -0.39 is 5.91 Å². The van der Waals surface area contributed by atoms with E-state index in [2.05, 4.69) is 47.9 Å². The topological polar surface area (TPSA) is 92.2 Å². The summed E-state index contributed by atoms with van der Waals surface area (Å²) >= 11 is 0. The van der Waals surface area contributed by atoms with Crippen molar-refractivity contribution in [2.24, 2.45) is 11.6 Å². The average Bonchev–Trinajstić information content (AvgIpc) is 3.46. The lowest BCUT2D eigenvalue weighted by atomic mass is 9.98. The van der Waals surface area contributed by atoms with Crippen molar-refractivity contribution in [1.29, 1.82) is 0 Å². The van der Waals surface area contributed by atoms with E-state index in [9.17, 15) is 4.39 Å². The lowest BCUT2D eigenvalue weighted by molar-refractivity contribution is 0.332. The van der Waals surface area contributed by atoms with E-state index in [0.717, 1.165) is 58.9 Å². The van der Waals surface area contributed by atoms with E-state index in [1.807, 2.05) is 30.5 Å². The summed E-state index contributed by atoms with van der Waals surface area (Å²) in [5.74, 6) is 4.64. The number of nitrogens with zero attached hydrogens (tertiary/aromatic N) is 2. The van der Waals surface area contributed by atoms with E-state index in [-0.39, 0.29) is 26.3 Å². The van der Waals surface area contributed by atoms with Crippen LogP contribution in [0.1, 0.15) is 66.2 Å². The van der Waals surface area contributed by atoms with Crippen LogP contribution in [-0.4, -0.2) is 22.5 Å². The van der Waals surface area contributed by atoms with Crippen LogP contribution in [0, 0.1) is 0 Å². The second-order valence-corrected chi connectivity index (χ2v) is 10.6. The number of halogens is 1. The largest absolute Gasteiger partial charge is 0.403 e. The van der Waals surface area contributed by atoms with Crippen LogP contribution < -0.4 is 22.3 Å². The number of fused-ring (bicyclic) bond motifs is 1. The lowest BCUT2D eigenvalue weighted by Gasteiger charge is -2.33. The quantitative estimate of drug-likeness (QED) is 0.238. The number of nitrogens with two attached hydrogens (primary N) is 2. The Labute approximate surface area is 203 Å². The highest BCUT2D eigenvalue weighted by Gasteiger charge is 2.32. The van der Waals surface area contributed by atoms with Crippen molar-refractivity contribution in [1.82, 2.24) is 20.6 Å². The number of rotatable bonds is 9. The Morgan fingerprint density at radius 3 is 2.79 bits per heavy atom. The molecule has 1 saturated heterocycles. The molecule has 0 spiro atoms. The van der Waals surface area contributed by atoms with Crippen molar-refractivity contribution in [2.75, 3.05) is 6.54 Å². The molecule has 2 aliphatic rings. The molecule has 6 N–H and O–H groups in total. The zero-order chi connectivity index (χ0) is 24.2. The van der Waals surface area contributed by atoms with Crippen molar-refractivity contribution in [3.8, 4) is 0 Å². The maximum atomic E-state index is 14.7. The number of likely N-dealkylation sites (tertiary alicyclic amines) is 1. The van der Waals surface area contributed by atoms with E-state index in [4.69, 9.17) is 16.6 Å². The minimum Gasteiger partial charge on any atom is -0.403 e. The first-order valence-corrected chi connectivity index (χ1v) is 12.8. The Bertz CT molecular complexity index is 1070. The van der Waals surface area contributed by atoms with Crippen molar-refractivity contribution >= 4 is 8.58 Å². The second-order valence-electron chi connectivity index (χ2n) is 8.93. The van der Waals surface area contributed by atoms with Gasteiger partial charge in [-0.15, -0.1) is 0 Å². The van der Waals surface area contributed by atoms with Crippen LogP contribution in [-0.2, 0) is 0 Å². The molecule has 0 radical (unpaired) electrons. The fourth-order valence-corrected chi connectivity index (χ4v) is 6.17. The number of aromatic nitrogens is 1. The first kappa shape index (κ1) is 24.2. The monoisotopic (exact) mass is 480 g/mol. The van der Waals surface area contributed by atoms with E-state index in [1.165, 1.54) is 6.20 Å². The third-order valence-electron chi connectivity index (χ3n) is 6.73. The lowest BCUT2D eigenvalue weighted by Crippen LogP contribution is -2.37. The number of pyridine rings is 1. The molecule has 8 heteroatoms. The van der Waals surface area contributed by atoms with Crippen molar-refractivity contribution in [2.45, 2.75) is 49.8 Å². The van der Waals surface area contributed by atoms with Crippen LogP contribution in [0.4, 0.5) is 4.39 Å². The predicted octanol–water partition coefficient (Wildman–Crippen LogP) is 4.63. The fourth-order valence-electron chi connectivity index (χ4n) is 4.88. The van der Waals surface area contributed by atoms with Crippen molar-refractivity contribution < 1.29 is 4.39 Å². The fraction of sp³-hybridized carbons (Fsp3) is 0.346. The van der Waals surface area contributed by atoms with Gasteiger partial charge in [0.25, 0.3) is 0 Å². The maximum Gasteiger partial charge on any atom is 0.142 e. The van der Waals surface area contributed by atoms with Crippen LogP contribution in [0.3, 0.4) is 0 Å². The summed E-state index contributed by atoms with van der Waals surface area (Å²) in [5.41, 5.74) is 14.7.